The summed E-state index contributed by atoms with van der Waals surface area (Å²) in [5.41, 5.74) is 0.568. The van der Waals surface area contributed by atoms with Gasteiger partial charge in [0.25, 0.3) is 0 Å². The van der Waals surface area contributed by atoms with E-state index in [1.165, 1.54) is 6.92 Å². The standard InChI is InChI=1S/C10H12ClNOS/c1-4-5-14-9-6-8(11)10(7(2)13)12(9)3/h4-6H,1-3H3/b5-4+. The highest BCUT2D eigenvalue weighted by atomic mass is 35.5. The van der Waals surface area contributed by atoms with Crippen molar-refractivity contribution in [2.75, 3.05) is 0 Å². The Hall–Kier alpha value is -0.670. The third kappa shape index (κ3) is 2.22. The molecule has 0 aromatic carbocycles. The minimum absolute atomic E-state index is 0.00942. The Kier molecular flexibility index (Phi) is 3.84. The molecule has 76 valence electrons. The predicted molar refractivity (Wildman–Crippen MR) is 61.1 cm³/mol. The molecular weight excluding hydrogens is 218 g/mol. The molecule has 0 bridgehead atoms. The van der Waals surface area contributed by atoms with Crippen molar-refractivity contribution in [3.8, 4) is 0 Å². The lowest BCUT2D eigenvalue weighted by molar-refractivity contribution is 0.100. The van der Waals surface area contributed by atoms with E-state index < -0.39 is 0 Å². The predicted octanol–water partition coefficient (Wildman–Crippen LogP) is 3.51. The average molecular weight is 230 g/mol. The van der Waals surface area contributed by atoms with Gasteiger partial charge in [-0.15, -0.1) is 0 Å². The molecule has 0 aliphatic rings. The first kappa shape index (κ1) is 11.4. The van der Waals surface area contributed by atoms with Crippen molar-refractivity contribution in [3.63, 3.8) is 0 Å². The van der Waals surface area contributed by atoms with Crippen LogP contribution in [0, 0.1) is 0 Å². The molecule has 2 nitrogen and oxygen atoms in total. The molecule has 0 aliphatic carbocycles. The molecule has 0 atom stereocenters. The Balaban J connectivity index is 3.10. The number of rotatable bonds is 3. The van der Waals surface area contributed by atoms with Crippen molar-refractivity contribution in [1.82, 2.24) is 4.57 Å². The van der Waals surface area contributed by atoms with Crippen LogP contribution in [0.1, 0.15) is 24.3 Å². The van der Waals surface area contributed by atoms with Crippen LogP contribution in [0.3, 0.4) is 0 Å². The van der Waals surface area contributed by atoms with E-state index in [9.17, 15) is 4.79 Å². The van der Waals surface area contributed by atoms with Crippen LogP contribution < -0.4 is 0 Å². The minimum Gasteiger partial charge on any atom is -0.335 e. The number of carbonyl (C=O) groups is 1. The van der Waals surface area contributed by atoms with E-state index in [-0.39, 0.29) is 5.78 Å². The molecule has 1 aromatic rings. The summed E-state index contributed by atoms with van der Waals surface area (Å²) in [5.74, 6) is -0.00942. The fraction of sp³-hybridized carbons (Fsp3) is 0.300. The van der Waals surface area contributed by atoms with Gasteiger partial charge in [0, 0.05) is 14.0 Å². The summed E-state index contributed by atoms with van der Waals surface area (Å²) in [4.78, 5) is 11.2. The summed E-state index contributed by atoms with van der Waals surface area (Å²) in [5, 5.41) is 3.44. The molecule has 0 unspecified atom stereocenters. The number of aromatic nitrogens is 1. The van der Waals surface area contributed by atoms with Crippen molar-refractivity contribution >= 4 is 29.1 Å². The number of Topliss-reactive ketones (excluding diaryl/α,β-unsaturated/α-hetero) is 1. The zero-order chi connectivity index (χ0) is 10.7. The van der Waals surface area contributed by atoms with Crippen LogP contribution in [0.2, 0.25) is 5.02 Å². The van der Waals surface area contributed by atoms with E-state index in [4.69, 9.17) is 11.6 Å². The smallest absolute Gasteiger partial charge is 0.177 e. The zero-order valence-electron chi connectivity index (χ0n) is 8.37. The maximum Gasteiger partial charge on any atom is 0.177 e. The van der Waals surface area contributed by atoms with Crippen molar-refractivity contribution in [1.29, 1.82) is 0 Å². The van der Waals surface area contributed by atoms with Gasteiger partial charge >= 0.3 is 0 Å². The molecule has 14 heavy (non-hydrogen) atoms. The summed E-state index contributed by atoms with van der Waals surface area (Å²) in [6, 6.07) is 1.81. The second-order valence-electron chi connectivity index (χ2n) is 2.88. The molecule has 4 heteroatoms. The fourth-order valence-corrected chi connectivity index (χ4v) is 2.34. The van der Waals surface area contributed by atoms with Crippen molar-refractivity contribution in [2.45, 2.75) is 18.9 Å². The van der Waals surface area contributed by atoms with Crippen LogP contribution in [0.15, 0.2) is 22.6 Å². The van der Waals surface area contributed by atoms with Crippen molar-refractivity contribution in [2.24, 2.45) is 7.05 Å². The molecule has 0 aliphatic heterocycles. The SMILES string of the molecule is C/C=C/Sc1cc(Cl)c(C(C)=O)n1C. The number of hydrogen-bond acceptors (Lipinski definition) is 2. The lowest BCUT2D eigenvalue weighted by Crippen LogP contribution is -2.02. The Labute approximate surface area is 92.9 Å². The molecular formula is C10H12ClNOS. The monoisotopic (exact) mass is 229 g/mol. The van der Waals surface area contributed by atoms with Crippen LogP contribution in [0.25, 0.3) is 0 Å². The molecule has 0 saturated heterocycles. The van der Waals surface area contributed by atoms with E-state index in [0.29, 0.717) is 10.7 Å². The number of hydrogen-bond donors (Lipinski definition) is 0. The van der Waals surface area contributed by atoms with Crippen LogP contribution in [-0.2, 0) is 7.05 Å². The highest BCUT2D eigenvalue weighted by molar-refractivity contribution is 8.02. The first-order valence-electron chi connectivity index (χ1n) is 4.22. The lowest BCUT2D eigenvalue weighted by atomic mass is 10.3. The average Bonchev–Trinajstić information content (AvgIpc) is 2.38. The topological polar surface area (TPSA) is 22.0 Å². The number of carbonyl (C=O) groups excluding carboxylic acids is 1. The number of halogens is 1. The Morgan fingerprint density at radius 1 is 1.64 bits per heavy atom. The largest absolute Gasteiger partial charge is 0.335 e. The van der Waals surface area contributed by atoms with E-state index in [1.54, 1.807) is 11.8 Å². The van der Waals surface area contributed by atoms with Gasteiger partial charge in [-0.3, -0.25) is 4.79 Å². The van der Waals surface area contributed by atoms with Crippen LogP contribution in [-0.4, -0.2) is 10.4 Å². The maximum atomic E-state index is 11.2. The summed E-state index contributed by atoms with van der Waals surface area (Å²) >= 11 is 7.49. The highest BCUT2D eigenvalue weighted by Crippen LogP contribution is 2.28. The molecule has 0 spiro atoms. The number of ketones is 1. The van der Waals surface area contributed by atoms with Crippen molar-refractivity contribution < 1.29 is 4.79 Å². The first-order valence-corrected chi connectivity index (χ1v) is 5.47. The van der Waals surface area contributed by atoms with Crippen molar-refractivity contribution in [3.05, 3.63) is 28.3 Å². The molecule has 0 radical (unpaired) electrons. The van der Waals surface area contributed by atoms with E-state index in [1.807, 2.05) is 36.1 Å². The van der Waals surface area contributed by atoms with Gasteiger partial charge in [0.05, 0.1) is 10.0 Å². The zero-order valence-corrected chi connectivity index (χ0v) is 9.95. The normalized spacial score (nSPS) is 11.1. The molecule has 0 N–H and O–H groups in total. The van der Waals surface area contributed by atoms with Gasteiger partial charge in [-0.1, -0.05) is 29.4 Å². The maximum absolute atomic E-state index is 11.2. The highest BCUT2D eigenvalue weighted by Gasteiger charge is 2.13. The van der Waals surface area contributed by atoms with Crippen LogP contribution >= 0.6 is 23.4 Å². The third-order valence-electron chi connectivity index (χ3n) is 1.80. The first-order chi connectivity index (χ1) is 6.57. The number of allylic oxidation sites excluding steroid dienone is 1. The molecule has 0 saturated carbocycles. The summed E-state index contributed by atoms with van der Waals surface area (Å²) in [7, 11) is 1.84. The fourth-order valence-electron chi connectivity index (χ4n) is 1.20. The molecule has 0 fully saturated rings. The molecule has 1 rings (SSSR count). The van der Waals surface area contributed by atoms with Gasteiger partial charge in [0.2, 0.25) is 0 Å². The summed E-state index contributed by atoms with van der Waals surface area (Å²) < 4.78 is 1.81. The second kappa shape index (κ2) is 4.71. The van der Waals surface area contributed by atoms with Gasteiger partial charge < -0.3 is 4.57 Å². The lowest BCUT2D eigenvalue weighted by Gasteiger charge is -2.02. The number of thioether (sulfide) groups is 1. The Bertz CT molecular complexity index is 382. The molecule has 1 heterocycles. The van der Waals surface area contributed by atoms with Gasteiger partial charge in [-0.2, -0.15) is 0 Å². The second-order valence-corrected chi connectivity index (χ2v) is 4.21. The van der Waals surface area contributed by atoms with Crippen LogP contribution in [0.4, 0.5) is 0 Å². The van der Waals surface area contributed by atoms with E-state index in [2.05, 4.69) is 0 Å². The molecule has 0 amide bonds. The van der Waals surface area contributed by atoms with Crippen LogP contribution in [0.5, 0.6) is 0 Å². The minimum atomic E-state index is -0.00942. The van der Waals surface area contributed by atoms with E-state index in [0.717, 1.165) is 5.03 Å². The Morgan fingerprint density at radius 2 is 2.29 bits per heavy atom. The van der Waals surface area contributed by atoms with Gasteiger partial charge in [0.1, 0.15) is 5.69 Å². The Morgan fingerprint density at radius 3 is 2.71 bits per heavy atom. The molecule has 1 aromatic heterocycles. The van der Waals surface area contributed by atoms with E-state index >= 15 is 0 Å². The quantitative estimate of drug-likeness (QED) is 0.585. The van der Waals surface area contributed by atoms with Gasteiger partial charge in [-0.05, 0) is 18.4 Å². The number of nitrogens with zero attached hydrogens (tertiary/aromatic N) is 1. The summed E-state index contributed by atoms with van der Waals surface area (Å²) in [6.07, 6.45) is 1.94. The third-order valence-corrected chi connectivity index (χ3v) is 3.13. The summed E-state index contributed by atoms with van der Waals surface area (Å²) in [6.45, 7) is 3.47. The van der Waals surface area contributed by atoms with Gasteiger partial charge in [-0.25, -0.2) is 0 Å². The van der Waals surface area contributed by atoms with Gasteiger partial charge in [0.15, 0.2) is 5.78 Å².